The molecule has 2 rings (SSSR count). The van der Waals surface area contributed by atoms with Gasteiger partial charge in [-0.25, -0.2) is 8.78 Å². The summed E-state index contributed by atoms with van der Waals surface area (Å²) in [4.78, 5) is 12.0. The van der Waals surface area contributed by atoms with Crippen molar-refractivity contribution in [3.8, 4) is 0 Å². The van der Waals surface area contributed by atoms with E-state index < -0.39 is 11.5 Å². The molecular formula is C15H25F2NO2. The zero-order valence-electron chi connectivity index (χ0n) is 12.1. The van der Waals surface area contributed by atoms with Gasteiger partial charge in [-0.3, -0.25) is 4.79 Å². The SMILES string of the molecule is CC1CCCC(O)(CNC(=O)C2CCC(F)(F)CC2)C1. The van der Waals surface area contributed by atoms with E-state index >= 15 is 0 Å². The number of nitrogens with one attached hydrogen (secondary N) is 1. The van der Waals surface area contributed by atoms with Crippen LogP contribution in [0.2, 0.25) is 0 Å². The Kier molecular flexibility index (Phi) is 4.67. The van der Waals surface area contributed by atoms with Crippen LogP contribution < -0.4 is 5.32 Å². The van der Waals surface area contributed by atoms with Crippen molar-refractivity contribution < 1.29 is 18.7 Å². The molecule has 2 N–H and O–H groups in total. The van der Waals surface area contributed by atoms with Crippen LogP contribution in [0, 0.1) is 11.8 Å². The molecule has 0 saturated heterocycles. The summed E-state index contributed by atoms with van der Waals surface area (Å²) in [5.74, 6) is -2.63. The largest absolute Gasteiger partial charge is 0.388 e. The number of hydrogen-bond donors (Lipinski definition) is 2. The van der Waals surface area contributed by atoms with Crippen LogP contribution in [-0.2, 0) is 4.79 Å². The lowest BCUT2D eigenvalue weighted by molar-refractivity contribution is -0.131. The summed E-state index contributed by atoms with van der Waals surface area (Å²) < 4.78 is 26.1. The lowest BCUT2D eigenvalue weighted by Crippen LogP contribution is -2.47. The maximum absolute atomic E-state index is 13.1. The van der Waals surface area contributed by atoms with Crippen LogP contribution >= 0.6 is 0 Å². The van der Waals surface area contributed by atoms with Gasteiger partial charge in [-0.15, -0.1) is 0 Å². The fourth-order valence-corrected chi connectivity index (χ4v) is 3.49. The number of carbonyl (C=O) groups is 1. The van der Waals surface area contributed by atoms with Crippen LogP contribution in [0.4, 0.5) is 8.78 Å². The van der Waals surface area contributed by atoms with Gasteiger partial charge in [0, 0.05) is 25.3 Å². The fraction of sp³-hybridized carbons (Fsp3) is 0.933. The zero-order valence-corrected chi connectivity index (χ0v) is 12.1. The molecule has 5 heteroatoms. The maximum atomic E-state index is 13.1. The van der Waals surface area contributed by atoms with E-state index in [9.17, 15) is 18.7 Å². The molecule has 0 aliphatic heterocycles. The topological polar surface area (TPSA) is 49.3 Å². The zero-order chi connectivity index (χ0) is 14.8. The number of rotatable bonds is 3. The minimum absolute atomic E-state index is 0.174. The summed E-state index contributed by atoms with van der Waals surface area (Å²) >= 11 is 0. The highest BCUT2D eigenvalue weighted by molar-refractivity contribution is 5.78. The van der Waals surface area contributed by atoms with Crippen molar-refractivity contribution >= 4 is 5.91 Å². The number of carbonyl (C=O) groups excluding carboxylic acids is 1. The fourth-order valence-electron chi connectivity index (χ4n) is 3.49. The van der Waals surface area contributed by atoms with Gasteiger partial charge >= 0.3 is 0 Å². The minimum Gasteiger partial charge on any atom is -0.388 e. The Morgan fingerprint density at radius 2 is 1.90 bits per heavy atom. The second kappa shape index (κ2) is 5.96. The molecular weight excluding hydrogens is 264 g/mol. The summed E-state index contributed by atoms with van der Waals surface area (Å²) in [7, 11) is 0. The lowest BCUT2D eigenvalue weighted by Gasteiger charge is -2.36. The molecule has 20 heavy (non-hydrogen) atoms. The quantitative estimate of drug-likeness (QED) is 0.839. The maximum Gasteiger partial charge on any atom is 0.248 e. The Balaban J connectivity index is 1.78. The van der Waals surface area contributed by atoms with Crippen LogP contribution in [0.15, 0.2) is 0 Å². The molecule has 0 aromatic rings. The summed E-state index contributed by atoms with van der Waals surface area (Å²) in [5.41, 5.74) is -0.814. The molecule has 0 aromatic heterocycles. The average molecular weight is 289 g/mol. The number of halogens is 2. The number of aliphatic hydroxyl groups is 1. The normalized spacial score (nSPS) is 34.7. The Hall–Kier alpha value is -0.710. The molecule has 0 bridgehead atoms. The first-order chi connectivity index (χ1) is 9.30. The molecule has 2 aliphatic carbocycles. The van der Waals surface area contributed by atoms with Gasteiger partial charge < -0.3 is 10.4 Å². The number of alkyl halides is 2. The second-order valence-corrected chi connectivity index (χ2v) is 6.77. The van der Waals surface area contributed by atoms with Gasteiger partial charge in [-0.1, -0.05) is 19.8 Å². The molecule has 0 spiro atoms. The average Bonchev–Trinajstić information content (AvgIpc) is 2.36. The van der Waals surface area contributed by atoms with E-state index in [1.165, 1.54) is 0 Å². The first-order valence-electron chi connectivity index (χ1n) is 7.68. The molecule has 3 nitrogen and oxygen atoms in total. The molecule has 2 aliphatic rings. The van der Waals surface area contributed by atoms with Crippen molar-refractivity contribution in [3.63, 3.8) is 0 Å². The van der Waals surface area contributed by atoms with Gasteiger partial charge in [-0.05, 0) is 31.6 Å². The summed E-state index contributed by atoms with van der Waals surface area (Å²) in [6.07, 6.45) is 3.59. The molecule has 2 saturated carbocycles. The van der Waals surface area contributed by atoms with Gasteiger partial charge in [0.1, 0.15) is 0 Å². The molecule has 2 fully saturated rings. The van der Waals surface area contributed by atoms with E-state index in [0.29, 0.717) is 18.8 Å². The Labute approximate surface area is 119 Å². The van der Waals surface area contributed by atoms with Gasteiger partial charge in [0.25, 0.3) is 0 Å². The third kappa shape index (κ3) is 4.14. The first kappa shape index (κ1) is 15.7. The molecule has 0 radical (unpaired) electrons. The Bertz CT molecular complexity index is 352. The van der Waals surface area contributed by atoms with Crippen molar-refractivity contribution in [1.82, 2.24) is 5.32 Å². The van der Waals surface area contributed by atoms with E-state index in [-0.39, 0.29) is 44.1 Å². The third-order valence-electron chi connectivity index (χ3n) is 4.75. The number of hydrogen-bond acceptors (Lipinski definition) is 2. The van der Waals surface area contributed by atoms with Crippen molar-refractivity contribution in [2.24, 2.45) is 11.8 Å². The van der Waals surface area contributed by atoms with E-state index in [4.69, 9.17) is 0 Å². The standard InChI is InChI=1S/C15H25F2NO2/c1-11-3-2-6-14(20,9-11)10-18-13(19)12-4-7-15(16,17)8-5-12/h11-12,20H,2-10H2,1H3,(H,18,19). The van der Waals surface area contributed by atoms with E-state index in [0.717, 1.165) is 12.8 Å². The predicted octanol–water partition coefficient (Wildman–Crippen LogP) is 2.87. The van der Waals surface area contributed by atoms with Gasteiger partial charge in [-0.2, -0.15) is 0 Å². The van der Waals surface area contributed by atoms with E-state index in [2.05, 4.69) is 12.2 Å². The van der Waals surface area contributed by atoms with Crippen molar-refractivity contribution in [2.45, 2.75) is 69.8 Å². The van der Waals surface area contributed by atoms with Crippen molar-refractivity contribution in [3.05, 3.63) is 0 Å². The highest BCUT2D eigenvalue weighted by atomic mass is 19.3. The second-order valence-electron chi connectivity index (χ2n) is 6.77. The highest BCUT2D eigenvalue weighted by Gasteiger charge is 2.38. The van der Waals surface area contributed by atoms with Crippen LogP contribution in [0.1, 0.15) is 58.3 Å². The van der Waals surface area contributed by atoms with Crippen LogP contribution in [0.25, 0.3) is 0 Å². The monoisotopic (exact) mass is 289 g/mol. The van der Waals surface area contributed by atoms with Crippen molar-refractivity contribution in [1.29, 1.82) is 0 Å². The van der Waals surface area contributed by atoms with Gasteiger partial charge in [0.2, 0.25) is 11.8 Å². The molecule has 2 unspecified atom stereocenters. The minimum atomic E-state index is -2.60. The van der Waals surface area contributed by atoms with E-state index in [1.54, 1.807) is 0 Å². The van der Waals surface area contributed by atoms with Crippen LogP contribution in [-0.4, -0.2) is 29.1 Å². The third-order valence-corrected chi connectivity index (χ3v) is 4.75. The molecule has 116 valence electrons. The molecule has 0 aromatic carbocycles. The molecule has 0 heterocycles. The predicted molar refractivity (Wildman–Crippen MR) is 72.5 cm³/mol. The van der Waals surface area contributed by atoms with Gasteiger partial charge in [0.05, 0.1) is 5.60 Å². The Morgan fingerprint density at radius 1 is 1.25 bits per heavy atom. The number of amides is 1. The van der Waals surface area contributed by atoms with E-state index in [1.807, 2.05) is 0 Å². The highest BCUT2D eigenvalue weighted by Crippen LogP contribution is 2.36. The van der Waals surface area contributed by atoms with Crippen LogP contribution in [0.3, 0.4) is 0 Å². The van der Waals surface area contributed by atoms with Crippen LogP contribution in [0.5, 0.6) is 0 Å². The summed E-state index contributed by atoms with van der Waals surface area (Å²) in [5, 5.41) is 13.2. The summed E-state index contributed by atoms with van der Waals surface area (Å²) in [6.45, 7) is 2.36. The molecule has 2 atom stereocenters. The first-order valence-corrected chi connectivity index (χ1v) is 7.68. The lowest BCUT2D eigenvalue weighted by atomic mass is 9.78. The smallest absolute Gasteiger partial charge is 0.248 e. The van der Waals surface area contributed by atoms with Crippen molar-refractivity contribution in [2.75, 3.05) is 6.54 Å². The Morgan fingerprint density at radius 3 is 2.50 bits per heavy atom. The van der Waals surface area contributed by atoms with Gasteiger partial charge in [0.15, 0.2) is 0 Å². The molecule has 1 amide bonds. The summed E-state index contributed by atoms with van der Waals surface area (Å²) in [6, 6.07) is 0.